The van der Waals surface area contributed by atoms with Crippen LogP contribution in [0, 0.1) is 0 Å². The van der Waals surface area contributed by atoms with Crippen LogP contribution < -0.4 is 0 Å². The van der Waals surface area contributed by atoms with Crippen molar-refractivity contribution >= 4 is 16.4 Å². The first-order valence-electron chi connectivity index (χ1n) is 10.9. The van der Waals surface area contributed by atoms with E-state index < -0.39 is 16.4 Å². The Morgan fingerprint density at radius 3 is 1.78 bits per heavy atom. The van der Waals surface area contributed by atoms with E-state index in [9.17, 15) is 0 Å². The van der Waals surface area contributed by atoms with Crippen LogP contribution in [0.1, 0.15) is 73.6 Å². The molecular weight excluding hydrogens is 360 g/mol. The van der Waals surface area contributed by atoms with Crippen LogP contribution in [0.2, 0.25) is 36.3 Å². The third kappa shape index (κ3) is 6.86. The number of rotatable bonds is 5. The van der Waals surface area contributed by atoms with E-state index >= 15 is 0 Å². The first-order valence-corrected chi connectivity index (χ1v) is 16.8. The SMILES string of the molecule is CC(C)(C)[Si](C)(C)OCC/C1=C(/[Si](C)(C)C(C)(C)C)C/C=C/CC/C=C\C1. The molecule has 0 amide bonds. The maximum atomic E-state index is 6.55. The molecule has 0 atom stereocenters. The molecule has 0 aromatic carbocycles. The second-order valence-corrected chi connectivity index (χ2v) is 21.4. The number of hydrogen-bond acceptors (Lipinski definition) is 1. The van der Waals surface area contributed by atoms with Gasteiger partial charge in [-0.2, -0.15) is 0 Å². The lowest BCUT2D eigenvalue weighted by molar-refractivity contribution is 0.291. The Bertz CT molecular complexity index is 566. The third-order valence-electron chi connectivity index (χ3n) is 7.25. The maximum absolute atomic E-state index is 6.55. The molecule has 156 valence electrons. The number of allylic oxidation sites excluding steroid dienone is 5. The van der Waals surface area contributed by atoms with E-state index in [1.54, 1.807) is 10.8 Å². The van der Waals surface area contributed by atoms with Crippen LogP contribution in [-0.2, 0) is 4.43 Å². The highest BCUT2D eigenvalue weighted by Crippen LogP contribution is 2.44. The molecule has 0 fully saturated rings. The van der Waals surface area contributed by atoms with Crippen LogP contribution in [0.15, 0.2) is 35.1 Å². The minimum absolute atomic E-state index is 0.280. The van der Waals surface area contributed by atoms with Gasteiger partial charge in [-0.15, -0.1) is 0 Å². The van der Waals surface area contributed by atoms with Gasteiger partial charge < -0.3 is 4.43 Å². The Labute approximate surface area is 172 Å². The summed E-state index contributed by atoms with van der Waals surface area (Å²) in [6.45, 7) is 25.1. The van der Waals surface area contributed by atoms with Gasteiger partial charge in [0.15, 0.2) is 8.32 Å². The maximum Gasteiger partial charge on any atom is 0.191 e. The van der Waals surface area contributed by atoms with Crippen molar-refractivity contribution in [1.29, 1.82) is 0 Å². The third-order valence-corrected chi connectivity index (χ3v) is 17.6. The summed E-state index contributed by atoms with van der Waals surface area (Å²) in [4.78, 5) is 0. The summed E-state index contributed by atoms with van der Waals surface area (Å²) in [6, 6.07) is 0. The second kappa shape index (κ2) is 9.41. The Balaban J connectivity index is 3.16. The van der Waals surface area contributed by atoms with Crippen LogP contribution in [0.4, 0.5) is 0 Å². The zero-order chi connectivity index (χ0) is 20.9. The van der Waals surface area contributed by atoms with Crippen molar-refractivity contribution in [3.8, 4) is 0 Å². The summed E-state index contributed by atoms with van der Waals surface area (Å²) in [5.41, 5.74) is 1.66. The summed E-state index contributed by atoms with van der Waals surface area (Å²) in [5.74, 6) is 0. The first kappa shape index (κ1) is 24.7. The first-order chi connectivity index (χ1) is 12.2. The minimum atomic E-state index is -1.68. The van der Waals surface area contributed by atoms with Crippen LogP contribution in [0.3, 0.4) is 0 Å². The predicted molar refractivity (Wildman–Crippen MR) is 129 cm³/mol. The molecule has 1 aliphatic carbocycles. The minimum Gasteiger partial charge on any atom is -0.417 e. The van der Waals surface area contributed by atoms with Gasteiger partial charge in [0.1, 0.15) is 0 Å². The lowest BCUT2D eigenvalue weighted by Crippen LogP contribution is -2.42. The normalized spacial score (nSPS) is 23.2. The molecule has 0 spiro atoms. The van der Waals surface area contributed by atoms with Crippen LogP contribution in [0.25, 0.3) is 0 Å². The molecule has 0 radical (unpaired) electrons. The fourth-order valence-corrected chi connectivity index (χ4v) is 6.86. The molecule has 1 aliphatic rings. The lowest BCUT2D eigenvalue weighted by Gasteiger charge is -2.41. The van der Waals surface area contributed by atoms with Crippen molar-refractivity contribution in [2.75, 3.05) is 6.61 Å². The van der Waals surface area contributed by atoms with E-state index in [0.29, 0.717) is 5.04 Å². The van der Waals surface area contributed by atoms with E-state index in [0.717, 1.165) is 25.9 Å². The highest BCUT2D eigenvalue weighted by molar-refractivity contribution is 6.86. The van der Waals surface area contributed by atoms with Gasteiger partial charge >= 0.3 is 0 Å². The van der Waals surface area contributed by atoms with Crippen molar-refractivity contribution in [1.82, 2.24) is 0 Å². The van der Waals surface area contributed by atoms with Gasteiger partial charge in [0.25, 0.3) is 0 Å². The van der Waals surface area contributed by atoms with Gasteiger partial charge in [-0.1, -0.05) is 89.7 Å². The highest BCUT2D eigenvalue weighted by atomic mass is 28.4. The van der Waals surface area contributed by atoms with Gasteiger partial charge in [0.05, 0.1) is 8.07 Å². The molecular formula is C24H46OSi2. The quantitative estimate of drug-likeness (QED) is 0.329. The Morgan fingerprint density at radius 2 is 1.30 bits per heavy atom. The topological polar surface area (TPSA) is 9.23 Å². The fraction of sp³-hybridized carbons (Fsp3) is 0.750. The molecule has 0 aromatic heterocycles. The van der Waals surface area contributed by atoms with Gasteiger partial charge in [0.2, 0.25) is 0 Å². The van der Waals surface area contributed by atoms with Gasteiger partial charge in [-0.25, -0.2) is 0 Å². The monoisotopic (exact) mass is 406 g/mol. The molecule has 0 heterocycles. The summed E-state index contributed by atoms with van der Waals surface area (Å²) < 4.78 is 6.55. The average molecular weight is 407 g/mol. The van der Waals surface area contributed by atoms with E-state index in [1.165, 1.54) is 12.8 Å². The van der Waals surface area contributed by atoms with E-state index in [-0.39, 0.29) is 5.04 Å². The molecule has 1 nitrogen and oxygen atoms in total. The second-order valence-electron chi connectivity index (χ2n) is 11.2. The Hall–Kier alpha value is -0.386. The molecule has 3 heteroatoms. The average Bonchev–Trinajstić information content (AvgIpc) is 2.50. The van der Waals surface area contributed by atoms with Gasteiger partial charge in [-0.3, -0.25) is 0 Å². The predicted octanol–water partition coefficient (Wildman–Crippen LogP) is 8.43. The van der Waals surface area contributed by atoms with Crippen molar-refractivity contribution in [3.05, 3.63) is 35.1 Å². The summed E-state index contributed by atoms with van der Waals surface area (Å²) in [7, 11) is -3.22. The smallest absolute Gasteiger partial charge is 0.191 e. The zero-order valence-electron chi connectivity index (χ0n) is 20.0. The van der Waals surface area contributed by atoms with Crippen molar-refractivity contribution in [2.24, 2.45) is 0 Å². The lowest BCUT2D eigenvalue weighted by atomic mass is 10.1. The largest absolute Gasteiger partial charge is 0.417 e. The number of hydrogen-bond donors (Lipinski definition) is 0. The Kier molecular flexibility index (Phi) is 8.59. The summed E-state index contributed by atoms with van der Waals surface area (Å²) in [5, 5.41) is 2.41. The van der Waals surface area contributed by atoms with Crippen molar-refractivity contribution < 1.29 is 4.43 Å². The molecule has 1 rings (SSSR count). The van der Waals surface area contributed by atoms with E-state index in [2.05, 4.69) is 92.0 Å². The molecule has 0 saturated carbocycles. The highest BCUT2D eigenvalue weighted by Gasteiger charge is 2.40. The Morgan fingerprint density at radius 1 is 0.778 bits per heavy atom. The molecule has 0 aromatic rings. The molecule has 0 bridgehead atoms. The van der Waals surface area contributed by atoms with E-state index in [1.807, 2.05) is 0 Å². The van der Waals surface area contributed by atoms with Crippen molar-refractivity contribution in [3.63, 3.8) is 0 Å². The standard InChI is InChI=1S/C24H46OSi2/c1-23(2,3)26(7,8)22-18-16-14-12-11-13-15-17-21(22)19-20-25-27(9,10)24(4,5)6/h13-16H,11-12,17-20H2,1-10H3/b15-13-,16-14+,22-21+. The van der Waals surface area contributed by atoms with Gasteiger partial charge in [-0.05, 0) is 55.3 Å². The summed E-state index contributed by atoms with van der Waals surface area (Å²) >= 11 is 0. The van der Waals surface area contributed by atoms with Crippen LogP contribution in [-0.4, -0.2) is 23.0 Å². The summed E-state index contributed by atoms with van der Waals surface area (Å²) in [6.07, 6.45) is 15.3. The molecule has 0 saturated heterocycles. The van der Waals surface area contributed by atoms with Gasteiger partial charge in [0, 0.05) is 6.61 Å². The van der Waals surface area contributed by atoms with Crippen LogP contribution in [0.5, 0.6) is 0 Å². The molecule has 0 aliphatic heterocycles. The molecule has 27 heavy (non-hydrogen) atoms. The fourth-order valence-electron chi connectivity index (χ4n) is 3.17. The van der Waals surface area contributed by atoms with Crippen molar-refractivity contribution in [2.45, 2.75) is 110 Å². The molecule has 0 unspecified atom stereocenters. The van der Waals surface area contributed by atoms with E-state index in [4.69, 9.17) is 4.43 Å². The van der Waals surface area contributed by atoms with Crippen LogP contribution >= 0.6 is 0 Å². The molecule has 0 N–H and O–H groups in total. The zero-order valence-corrected chi connectivity index (χ0v) is 22.0.